The Morgan fingerprint density at radius 2 is 1.85 bits per heavy atom. The Morgan fingerprint density at radius 1 is 1.31 bits per heavy atom. The van der Waals surface area contributed by atoms with Gasteiger partial charge in [-0.05, 0) is 6.07 Å². The second-order valence-electron chi connectivity index (χ2n) is 2.01. The predicted molar refractivity (Wildman–Crippen MR) is 46.9 cm³/mol. The highest BCUT2D eigenvalue weighted by Gasteiger charge is 2.06. The molecule has 0 bridgehead atoms. The van der Waals surface area contributed by atoms with E-state index < -0.39 is 5.97 Å². The second kappa shape index (κ2) is 5.91. The van der Waals surface area contributed by atoms with Crippen LogP contribution in [-0.4, -0.2) is 29.6 Å². The fraction of sp³-hybridized carbons (Fsp3) is 0.111. The Hall–Kier alpha value is -1.68. The van der Waals surface area contributed by atoms with Gasteiger partial charge >= 0.3 is 5.97 Å². The van der Waals surface area contributed by atoms with Crippen LogP contribution in [0.1, 0.15) is 20.7 Å². The number of benzene rings is 1. The van der Waals surface area contributed by atoms with Crippen molar-refractivity contribution >= 4 is 12.3 Å². The zero-order valence-electron chi connectivity index (χ0n) is 7.10. The molecule has 0 fully saturated rings. The summed E-state index contributed by atoms with van der Waals surface area (Å²) in [4.78, 5) is 20.7. The molecular weight excluding hydrogens is 172 g/mol. The molecule has 0 saturated carbocycles. The van der Waals surface area contributed by atoms with E-state index in [0.717, 1.165) is 7.11 Å². The highest BCUT2D eigenvalue weighted by Crippen LogP contribution is 2.04. The molecule has 0 radical (unpaired) electrons. The van der Waals surface area contributed by atoms with Crippen LogP contribution >= 0.6 is 0 Å². The molecule has 0 aliphatic rings. The van der Waals surface area contributed by atoms with Gasteiger partial charge in [0.1, 0.15) is 0 Å². The zero-order valence-corrected chi connectivity index (χ0v) is 7.10. The van der Waals surface area contributed by atoms with E-state index in [0.29, 0.717) is 6.29 Å². The van der Waals surface area contributed by atoms with Crippen LogP contribution in [0.15, 0.2) is 24.3 Å². The molecule has 70 valence electrons. The van der Waals surface area contributed by atoms with E-state index in [4.69, 9.17) is 10.2 Å². The number of hydrogen-bond donors (Lipinski definition) is 2. The zero-order chi connectivity index (χ0) is 10.3. The number of carboxylic acids is 1. The van der Waals surface area contributed by atoms with Crippen molar-refractivity contribution in [2.75, 3.05) is 7.11 Å². The Balaban J connectivity index is 0.000000671. The van der Waals surface area contributed by atoms with Gasteiger partial charge in [0.2, 0.25) is 0 Å². The lowest BCUT2D eigenvalue weighted by atomic mass is 10.1. The number of aldehydes is 1. The molecule has 0 amide bonds. The SMILES string of the molecule is CO.O=Cc1ccccc1C(=O)O. The van der Waals surface area contributed by atoms with Crippen molar-refractivity contribution in [3.05, 3.63) is 35.4 Å². The summed E-state index contributed by atoms with van der Waals surface area (Å²) < 4.78 is 0. The second-order valence-corrected chi connectivity index (χ2v) is 2.01. The van der Waals surface area contributed by atoms with Crippen LogP contribution in [-0.2, 0) is 0 Å². The first-order chi connectivity index (χ1) is 6.25. The summed E-state index contributed by atoms with van der Waals surface area (Å²) in [5.74, 6) is -1.08. The van der Waals surface area contributed by atoms with E-state index in [1.807, 2.05) is 0 Å². The molecule has 0 aliphatic carbocycles. The van der Waals surface area contributed by atoms with Gasteiger partial charge < -0.3 is 10.2 Å². The lowest BCUT2D eigenvalue weighted by molar-refractivity contribution is 0.0694. The molecule has 0 saturated heterocycles. The van der Waals surface area contributed by atoms with Gasteiger partial charge in [0.05, 0.1) is 5.56 Å². The van der Waals surface area contributed by atoms with Crippen LogP contribution in [0.3, 0.4) is 0 Å². The van der Waals surface area contributed by atoms with Crippen LogP contribution in [0.4, 0.5) is 0 Å². The lowest BCUT2D eigenvalue weighted by Crippen LogP contribution is -2.00. The molecule has 2 N–H and O–H groups in total. The van der Waals surface area contributed by atoms with E-state index in [1.54, 1.807) is 12.1 Å². The van der Waals surface area contributed by atoms with Gasteiger partial charge in [-0.25, -0.2) is 4.79 Å². The average Bonchev–Trinajstić information content (AvgIpc) is 2.20. The third kappa shape index (κ3) is 3.04. The Kier molecular flexibility index (Phi) is 5.14. The van der Waals surface area contributed by atoms with Gasteiger partial charge in [0.15, 0.2) is 6.29 Å². The number of rotatable bonds is 2. The predicted octanol–water partition coefficient (Wildman–Crippen LogP) is 0.806. The van der Waals surface area contributed by atoms with Crippen LogP contribution in [0.2, 0.25) is 0 Å². The molecule has 0 unspecified atom stereocenters. The summed E-state index contributed by atoms with van der Waals surface area (Å²) in [6, 6.07) is 6.06. The number of aliphatic hydroxyl groups is 1. The number of carbonyl (C=O) groups excluding carboxylic acids is 1. The van der Waals surface area contributed by atoms with Gasteiger partial charge in [-0.2, -0.15) is 0 Å². The smallest absolute Gasteiger partial charge is 0.336 e. The summed E-state index contributed by atoms with van der Waals surface area (Å²) in [7, 11) is 1.00. The molecule has 0 heterocycles. The van der Waals surface area contributed by atoms with Crippen molar-refractivity contribution in [3.8, 4) is 0 Å². The molecule has 1 rings (SSSR count). The van der Waals surface area contributed by atoms with Gasteiger partial charge in [-0.1, -0.05) is 18.2 Å². The standard InChI is InChI=1S/C8H6O3.CH4O/c9-5-6-3-1-2-4-7(6)8(10)11;1-2/h1-5H,(H,10,11);2H,1H3. The third-order valence-corrected chi connectivity index (χ3v) is 1.32. The highest BCUT2D eigenvalue weighted by molar-refractivity contribution is 5.96. The van der Waals surface area contributed by atoms with Crippen molar-refractivity contribution < 1.29 is 19.8 Å². The fourth-order valence-electron chi connectivity index (χ4n) is 0.795. The molecule has 0 aliphatic heterocycles. The van der Waals surface area contributed by atoms with E-state index in [1.165, 1.54) is 12.1 Å². The molecule has 4 heteroatoms. The summed E-state index contributed by atoms with van der Waals surface area (Å²) in [6.07, 6.45) is 0.531. The maximum atomic E-state index is 10.4. The average molecular weight is 182 g/mol. The normalized spacial score (nSPS) is 8.15. The van der Waals surface area contributed by atoms with Crippen LogP contribution in [0.25, 0.3) is 0 Å². The van der Waals surface area contributed by atoms with Crippen LogP contribution in [0, 0.1) is 0 Å². The highest BCUT2D eigenvalue weighted by atomic mass is 16.4. The molecule has 0 atom stereocenters. The first-order valence-electron chi connectivity index (χ1n) is 3.48. The monoisotopic (exact) mass is 182 g/mol. The molecule has 0 aromatic heterocycles. The third-order valence-electron chi connectivity index (χ3n) is 1.32. The number of aliphatic hydroxyl groups excluding tert-OH is 1. The van der Waals surface area contributed by atoms with Gasteiger partial charge in [-0.3, -0.25) is 4.79 Å². The van der Waals surface area contributed by atoms with Crippen molar-refractivity contribution in [1.82, 2.24) is 0 Å². The topological polar surface area (TPSA) is 74.6 Å². The first kappa shape index (κ1) is 11.3. The number of hydrogen-bond acceptors (Lipinski definition) is 3. The van der Waals surface area contributed by atoms with Crippen molar-refractivity contribution in [1.29, 1.82) is 0 Å². The minimum Gasteiger partial charge on any atom is -0.478 e. The van der Waals surface area contributed by atoms with E-state index in [2.05, 4.69) is 0 Å². The summed E-state index contributed by atoms with van der Waals surface area (Å²) in [5, 5.41) is 15.5. The molecule has 1 aromatic carbocycles. The van der Waals surface area contributed by atoms with Gasteiger partial charge in [-0.15, -0.1) is 0 Å². The van der Waals surface area contributed by atoms with E-state index in [9.17, 15) is 9.59 Å². The largest absolute Gasteiger partial charge is 0.478 e. The van der Waals surface area contributed by atoms with Crippen molar-refractivity contribution in [3.63, 3.8) is 0 Å². The molecule has 13 heavy (non-hydrogen) atoms. The minimum atomic E-state index is -1.08. The summed E-state index contributed by atoms with van der Waals surface area (Å²) >= 11 is 0. The van der Waals surface area contributed by atoms with Gasteiger partial charge in [0, 0.05) is 12.7 Å². The molecule has 0 spiro atoms. The maximum absolute atomic E-state index is 10.4. The van der Waals surface area contributed by atoms with Crippen LogP contribution in [0.5, 0.6) is 0 Å². The first-order valence-corrected chi connectivity index (χ1v) is 3.48. The Bertz CT molecular complexity index is 293. The summed E-state index contributed by atoms with van der Waals surface area (Å²) in [5.41, 5.74) is 0.252. The number of carbonyl (C=O) groups is 2. The Morgan fingerprint density at radius 3 is 2.23 bits per heavy atom. The fourth-order valence-corrected chi connectivity index (χ4v) is 0.795. The van der Waals surface area contributed by atoms with E-state index in [-0.39, 0.29) is 11.1 Å². The number of aromatic carboxylic acids is 1. The van der Waals surface area contributed by atoms with Crippen LogP contribution < -0.4 is 0 Å². The quantitative estimate of drug-likeness (QED) is 0.663. The molecule has 4 nitrogen and oxygen atoms in total. The maximum Gasteiger partial charge on any atom is 0.336 e. The molecule has 1 aromatic rings. The van der Waals surface area contributed by atoms with Crippen molar-refractivity contribution in [2.45, 2.75) is 0 Å². The van der Waals surface area contributed by atoms with E-state index >= 15 is 0 Å². The van der Waals surface area contributed by atoms with Gasteiger partial charge in [0.25, 0.3) is 0 Å². The lowest BCUT2D eigenvalue weighted by Gasteiger charge is -1.95. The Labute approximate surface area is 75.4 Å². The molecular formula is C9H10O4. The number of carboxylic acid groups (broad SMARTS) is 1. The minimum absolute atomic E-state index is 0.0440. The summed E-state index contributed by atoms with van der Waals surface area (Å²) in [6.45, 7) is 0. The van der Waals surface area contributed by atoms with Crippen molar-refractivity contribution in [2.24, 2.45) is 0 Å².